The van der Waals surface area contributed by atoms with Gasteiger partial charge in [0.1, 0.15) is 6.07 Å². The van der Waals surface area contributed by atoms with Crippen LogP contribution in [-0.2, 0) is 6.54 Å². The third kappa shape index (κ3) is 2.73. The van der Waals surface area contributed by atoms with Crippen LogP contribution < -0.4 is 4.57 Å². The first-order valence-electron chi connectivity index (χ1n) is 5.13. The predicted octanol–water partition coefficient (Wildman–Crippen LogP) is 1.12. The molecule has 0 saturated heterocycles. The van der Waals surface area contributed by atoms with E-state index in [1.54, 1.807) is 29.1 Å². The second-order valence-electron chi connectivity index (χ2n) is 3.51. The van der Waals surface area contributed by atoms with Crippen LogP contribution in [0.25, 0.3) is 0 Å². The Morgan fingerprint density at radius 1 is 1.35 bits per heavy atom. The van der Waals surface area contributed by atoms with Crippen molar-refractivity contribution in [2.24, 2.45) is 0 Å². The molecule has 1 heterocycles. The predicted molar refractivity (Wildman–Crippen MR) is 59.9 cm³/mol. The van der Waals surface area contributed by atoms with Gasteiger partial charge in [-0.3, -0.25) is 4.79 Å². The largest absolute Gasteiger partial charge is 0.287 e. The number of nitrogens with zero attached hydrogens (tertiary/aromatic N) is 3. The Labute approximate surface area is 98.8 Å². The van der Waals surface area contributed by atoms with E-state index in [1.165, 1.54) is 6.20 Å². The Kier molecular flexibility index (Phi) is 3.22. The van der Waals surface area contributed by atoms with Crippen LogP contribution in [0.3, 0.4) is 0 Å². The van der Waals surface area contributed by atoms with Gasteiger partial charge >= 0.3 is 0 Å². The van der Waals surface area contributed by atoms with Gasteiger partial charge < -0.3 is 0 Å². The molecule has 0 fully saturated rings. The highest BCUT2D eigenvalue weighted by atomic mass is 16.1. The molecule has 0 atom stereocenters. The lowest BCUT2D eigenvalue weighted by molar-refractivity contribution is -0.683. The van der Waals surface area contributed by atoms with Crippen LogP contribution in [0.1, 0.15) is 16.1 Å². The van der Waals surface area contributed by atoms with Crippen molar-refractivity contribution in [1.82, 2.24) is 4.98 Å². The van der Waals surface area contributed by atoms with Crippen LogP contribution in [0.4, 0.5) is 0 Å². The number of aromatic nitrogens is 2. The molecule has 0 saturated carbocycles. The highest BCUT2D eigenvalue weighted by molar-refractivity contribution is 5.94. The summed E-state index contributed by atoms with van der Waals surface area (Å²) in [5, 5.41) is 8.70. The minimum atomic E-state index is 0.00527. The van der Waals surface area contributed by atoms with Crippen molar-refractivity contribution in [3.05, 3.63) is 60.2 Å². The smallest absolute Gasteiger partial charge is 0.227 e. The summed E-state index contributed by atoms with van der Waals surface area (Å²) in [6, 6.07) is 11.0. The minimum absolute atomic E-state index is 0.00527. The molecule has 4 nitrogen and oxygen atoms in total. The molecule has 1 aromatic heterocycles. The van der Waals surface area contributed by atoms with Crippen LogP contribution in [0.2, 0.25) is 0 Å². The Balaban J connectivity index is 2.17. The fraction of sp³-hybridized carbons (Fsp3) is 0.0769. The van der Waals surface area contributed by atoms with Crippen LogP contribution in [0, 0.1) is 11.3 Å². The van der Waals surface area contributed by atoms with Gasteiger partial charge in [0.2, 0.25) is 24.2 Å². The second kappa shape index (κ2) is 4.99. The third-order valence-corrected chi connectivity index (χ3v) is 2.30. The van der Waals surface area contributed by atoms with Gasteiger partial charge in [-0.05, 0) is 0 Å². The number of carbonyl (C=O) groups excluding carboxylic acids is 1. The molecule has 82 valence electrons. The van der Waals surface area contributed by atoms with Gasteiger partial charge in [0.25, 0.3) is 0 Å². The molecular formula is C13H10N3O+. The molecule has 1 aromatic carbocycles. The monoisotopic (exact) mass is 224 g/mol. The highest BCUT2D eigenvalue weighted by Crippen LogP contribution is 1.99. The number of hydrogen-bond acceptors (Lipinski definition) is 3. The van der Waals surface area contributed by atoms with Gasteiger partial charge in [0.05, 0.1) is 6.20 Å². The van der Waals surface area contributed by atoms with E-state index >= 15 is 0 Å². The highest BCUT2D eigenvalue weighted by Gasteiger charge is 2.12. The molecule has 0 aliphatic carbocycles. The number of Topliss-reactive ketones (excluding diaryl/α,β-unsaturated/α-hetero) is 1. The maximum atomic E-state index is 11.9. The summed E-state index contributed by atoms with van der Waals surface area (Å²) in [7, 11) is 0. The van der Waals surface area contributed by atoms with Gasteiger partial charge in [-0.1, -0.05) is 30.3 Å². The number of hydrogen-bond donors (Lipinski definition) is 0. The van der Waals surface area contributed by atoms with E-state index in [2.05, 4.69) is 4.98 Å². The molecule has 0 amide bonds. The van der Waals surface area contributed by atoms with Gasteiger partial charge in [-0.2, -0.15) is 9.83 Å². The number of carbonyl (C=O) groups is 1. The van der Waals surface area contributed by atoms with Crippen molar-refractivity contribution in [2.45, 2.75) is 6.54 Å². The zero-order valence-corrected chi connectivity index (χ0v) is 9.08. The lowest BCUT2D eigenvalue weighted by Crippen LogP contribution is -2.37. The summed E-state index contributed by atoms with van der Waals surface area (Å²) in [6.07, 6.45) is 4.74. The summed E-state index contributed by atoms with van der Waals surface area (Å²) in [4.78, 5) is 15.7. The van der Waals surface area contributed by atoms with Gasteiger partial charge in [-0.15, -0.1) is 0 Å². The minimum Gasteiger partial charge on any atom is -0.287 e. The average Bonchev–Trinajstić information content (AvgIpc) is 2.40. The van der Waals surface area contributed by atoms with Gasteiger partial charge in [0.15, 0.2) is 6.20 Å². The summed E-state index contributed by atoms with van der Waals surface area (Å²) < 4.78 is 1.65. The Morgan fingerprint density at radius 3 is 2.82 bits per heavy atom. The van der Waals surface area contributed by atoms with Crippen molar-refractivity contribution in [3.63, 3.8) is 0 Å². The van der Waals surface area contributed by atoms with Crippen LogP contribution in [-0.4, -0.2) is 10.8 Å². The molecule has 0 N–H and O–H groups in total. The Hall–Kier alpha value is -2.54. The number of benzene rings is 1. The van der Waals surface area contributed by atoms with E-state index in [-0.39, 0.29) is 12.3 Å². The van der Waals surface area contributed by atoms with Crippen molar-refractivity contribution in [2.75, 3.05) is 0 Å². The number of rotatable bonds is 3. The summed E-state index contributed by atoms with van der Waals surface area (Å²) in [5.74, 6) is 0.00527. The molecule has 0 spiro atoms. The molecule has 2 aromatic rings. The van der Waals surface area contributed by atoms with Crippen LogP contribution in [0.15, 0.2) is 48.9 Å². The Morgan fingerprint density at radius 2 is 2.12 bits per heavy atom. The zero-order chi connectivity index (χ0) is 12.1. The van der Waals surface area contributed by atoms with E-state index in [0.29, 0.717) is 11.3 Å². The molecule has 17 heavy (non-hydrogen) atoms. The average molecular weight is 224 g/mol. The number of nitriles is 1. The van der Waals surface area contributed by atoms with Gasteiger partial charge in [-0.25, -0.2) is 4.98 Å². The quantitative estimate of drug-likeness (QED) is 0.580. The lowest BCUT2D eigenvalue weighted by atomic mass is 10.1. The topological polar surface area (TPSA) is 57.6 Å². The molecule has 0 bridgehead atoms. The van der Waals surface area contributed by atoms with Crippen molar-refractivity contribution < 1.29 is 9.36 Å². The van der Waals surface area contributed by atoms with Crippen molar-refractivity contribution in [1.29, 1.82) is 5.26 Å². The van der Waals surface area contributed by atoms with Crippen LogP contribution >= 0.6 is 0 Å². The van der Waals surface area contributed by atoms with Crippen molar-refractivity contribution >= 4 is 5.78 Å². The normalized spacial score (nSPS) is 9.59. The SMILES string of the molecule is N#Cc1c[n+](CC(=O)c2ccccc2)ccn1. The maximum absolute atomic E-state index is 11.9. The third-order valence-electron chi connectivity index (χ3n) is 2.30. The molecule has 4 heteroatoms. The standard InChI is InChI=1S/C13H10N3O/c14-8-12-9-16(7-6-15-12)10-13(17)11-4-2-1-3-5-11/h1-7,9H,10H2/q+1. The summed E-state index contributed by atoms with van der Waals surface area (Å²) >= 11 is 0. The lowest BCUT2D eigenvalue weighted by Gasteiger charge is -1.97. The molecule has 2 rings (SSSR count). The molecule has 0 aliphatic rings. The molecule has 0 aliphatic heterocycles. The van der Waals surface area contributed by atoms with E-state index < -0.39 is 0 Å². The fourth-order valence-electron chi connectivity index (χ4n) is 1.47. The van der Waals surface area contributed by atoms with Gasteiger partial charge in [0, 0.05) is 5.56 Å². The molecule has 0 radical (unpaired) electrons. The summed E-state index contributed by atoms with van der Waals surface area (Å²) in [5.41, 5.74) is 0.962. The van der Waals surface area contributed by atoms with E-state index in [1.807, 2.05) is 24.3 Å². The first-order valence-corrected chi connectivity index (χ1v) is 5.13. The second-order valence-corrected chi connectivity index (χ2v) is 3.51. The fourth-order valence-corrected chi connectivity index (χ4v) is 1.47. The zero-order valence-electron chi connectivity index (χ0n) is 9.08. The number of ketones is 1. The van der Waals surface area contributed by atoms with Crippen molar-refractivity contribution in [3.8, 4) is 6.07 Å². The van der Waals surface area contributed by atoms with E-state index in [4.69, 9.17) is 5.26 Å². The molecular weight excluding hydrogens is 214 g/mol. The molecule has 0 unspecified atom stereocenters. The van der Waals surface area contributed by atoms with E-state index in [9.17, 15) is 4.79 Å². The first-order chi connectivity index (χ1) is 8.29. The first kappa shape index (κ1) is 11.0. The van der Waals surface area contributed by atoms with Crippen LogP contribution in [0.5, 0.6) is 0 Å². The Bertz CT molecular complexity index is 573. The summed E-state index contributed by atoms with van der Waals surface area (Å²) in [6.45, 7) is 0.210. The maximum Gasteiger partial charge on any atom is 0.227 e. The van der Waals surface area contributed by atoms with E-state index in [0.717, 1.165) is 0 Å².